The van der Waals surface area contributed by atoms with E-state index in [0.29, 0.717) is 66.2 Å². The molecule has 2 aromatic carbocycles. The van der Waals surface area contributed by atoms with Gasteiger partial charge in [-0.25, -0.2) is 0 Å². The molecule has 36 heavy (non-hydrogen) atoms. The van der Waals surface area contributed by atoms with Crippen LogP contribution >= 0.6 is 0 Å². The Labute approximate surface area is 209 Å². The third-order valence-electron chi connectivity index (χ3n) is 5.54. The number of hydrogen-bond donors (Lipinski definition) is 1. The first-order chi connectivity index (χ1) is 17.4. The molecule has 190 valence electrons. The summed E-state index contributed by atoms with van der Waals surface area (Å²) in [6, 6.07) is 11.7. The van der Waals surface area contributed by atoms with Crippen molar-refractivity contribution >= 4 is 17.6 Å². The number of fused-ring (bicyclic) bond motifs is 1. The zero-order valence-corrected chi connectivity index (χ0v) is 20.8. The van der Waals surface area contributed by atoms with E-state index in [1.54, 1.807) is 72.4 Å². The van der Waals surface area contributed by atoms with E-state index in [9.17, 15) is 9.59 Å². The van der Waals surface area contributed by atoms with Gasteiger partial charge < -0.3 is 29.2 Å². The molecule has 1 N–H and O–H groups in total. The summed E-state index contributed by atoms with van der Waals surface area (Å²) in [6.45, 7) is 5.79. The highest BCUT2D eigenvalue weighted by Gasteiger charge is 2.22. The predicted octanol–water partition coefficient (Wildman–Crippen LogP) is 3.83. The average molecular weight is 495 g/mol. The Morgan fingerprint density at radius 2 is 1.97 bits per heavy atom. The molecule has 0 saturated carbocycles. The number of nitrogens with one attached hydrogen (secondary N) is 1. The van der Waals surface area contributed by atoms with Gasteiger partial charge in [0.05, 0.1) is 18.7 Å². The van der Waals surface area contributed by atoms with Crippen molar-refractivity contribution in [3.05, 3.63) is 59.8 Å². The van der Waals surface area contributed by atoms with Gasteiger partial charge in [-0.05, 0) is 38.1 Å². The number of rotatable bonds is 9. The molecule has 3 aromatic rings. The predicted molar refractivity (Wildman–Crippen MR) is 133 cm³/mol. The molecule has 0 unspecified atom stereocenters. The lowest BCUT2D eigenvalue weighted by Crippen LogP contribution is -2.27. The number of hydrogen-bond acceptors (Lipinski definition) is 7. The van der Waals surface area contributed by atoms with Gasteiger partial charge in [0.15, 0.2) is 5.82 Å². The fourth-order valence-corrected chi connectivity index (χ4v) is 3.72. The van der Waals surface area contributed by atoms with E-state index in [2.05, 4.69) is 10.4 Å². The third kappa shape index (κ3) is 5.95. The van der Waals surface area contributed by atoms with Gasteiger partial charge in [-0.1, -0.05) is 0 Å². The van der Waals surface area contributed by atoms with Crippen molar-refractivity contribution in [2.45, 2.75) is 26.5 Å². The van der Waals surface area contributed by atoms with E-state index in [4.69, 9.17) is 18.9 Å². The zero-order valence-electron chi connectivity index (χ0n) is 20.8. The maximum atomic E-state index is 13.0. The highest BCUT2D eigenvalue weighted by Crippen LogP contribution is 2.33. The van der Waals surface area contributed by atoms with E-state index >= 15 is 0 Å². The van der Waals surface area contributed by atoms with E-state index in [1.165, 1.54) is 0 Å². The fourth-order valence-electron chi connectivity index (χ4n) is 3.72. The van der Waals surface area contributed by atoms with Crippen LogP contribution in [0.1, 0.15) is 34.6 Å². The van der Waals surface area contributed by atoms with E-state index in [1.807, 2.05) is 13.8 Å². The molecule has 0 fully saturated rings. The Bertz CT molecular complexity index is 1240. The molecule has 1 aliphatic rings. The number of methoxy groups -OCH3 is 1. The number of aromatic nitrogens is 2. The number of aryl methyl sites for hydroxylation is 1. The van der Waals surface area contributed by atoms with E-state index < -0.39 is 0 Å². The first kappa shape index (κ1) is 25.1. The minimum absolute atomic E-state index is 0.110. The smallest absolute Gasteiger partial charge is 0.257 e. The third-order valence-corrected chi connectivity index (χ3v) is 5.54. The van der Waals surface area contributed by atoms with Crippen LogP contribution < -0.4 is 19.5 Å². The summed E-state index contributed by atoms with van der Waals surface area (Å²) in [5, 5.41) is 7.10. The van der Waals surface area contributed by atoms with Crippen molar-refractivity contribution in [3.63, 3.8) is 0 Å². The summed E-state index contributed by atoms with van der Waals surface area (Å²) in [6.07, 6.45) is 1.55. The Balaban J connectivity index is 1.61. The van der Waals surface area contributed by atoms with Crippen LogP contribution in [0, 0.1) is 0 Å². The molecule has 1 atom stereocenters. The first-order valence-corrected chi connectivity index (χ1v) is 11.7. The van der Waals surface area contributed by atoms with Crippen LogP contribution in [-0.2, 0) is 11.3 Å². The summed E-state index contributed by atoms with van der Waals surface area (Å²) >= 11 is 0. The molecule has 1 aliphatic heterocycles. The van der Waals surface area contributed by atoms with Gasteiger partial charge in [0.2, 0.25) is 0 Å². The molecule has 2 amide bonds. The SMILES string of the molecule is CCn1ccc(NC(=O)c2cc(Oc3ccc4c(c3)OCCN(C)C4=O)cc(O[C@@H](C)COC)c2)n1. The Hall–Kier alpha value is -4.05. The number of carbonyl (C=O) groups excluding carboxylic acids is 2. The number of carbonyl (C=O) groups is 2. The number of amides is 2. The fraction of sp³-hybridized carbons (Fsp3) is 0.346. The Kier molecular flexibility index (Phi) is 7.74. The Morgan fingerprint density at radius 1 is 1.17 bits per heavy atom. The minimum Gasteiger partial charge on any atom is -0.491 e. The van der Waals surface area contributed by atoms with Crippen molar-refractivity contribution in [1.82, 2.24) is 14.7 Å². The van der Waals surface area contributed by atoms with Gasteiger partial charge >= 0.3 is 0 Å². The van der Waals surface area contributed by atoms with Gasteiger partial charge in [-0.2, -0.15) is 5.10 Å². The quantitative estimate of drug-likeness (QED) is 0.482. The monoisotopic (exact) mass is 494 g/mol. The summed E-state index contributed by atoms with van der Waals surface area (Å²) in [7, 11) is 3.33. The standard InChI is InChI=1S/C26H30N4O6/c1-5-30-9-8-24(28-30)27-25(31)18-12-20(35-17(2)16-33-4)14-21(13-18)36-19-6-7-22-23(15-19)34-11-10-29(3)26(22)32/h6-9,12-15,17H,5,10-11,16H2,1-4H3,(H,27,28,31)/t17-/m0/s1. The first-order valence-electron chi connectivity index (χ1n) is 11.7. The molecule has 0 bridgehead atoms. The molecular formula is C26H30N4O6. The molecular weight excluding hydrogens is 464 g/mol. The average Bonchev–Trinajstić information content (AvgIpc) is 3.25. The molecule has 2 heterocycles. The van der Waals surface area contributed by atoms with Crippen molar-refractivity contribution in [1.29, 1.82) is 0 Å². The number of benzene rings is 2. The van der Waals surface area contributed by atoms with Crippen LogP contribution in [0.4, 0.5) is 5.82 Å². The lowest BCUT2D eigenvalue weighted by molar-refractivity contribution is 0.0796. The van der Waals surface area contributed by atoms with Crippen LogP contribution in [-0.4, -0.2) is 66.5 Å². The van der Waals surface area contributed by atoms with Gasteiger partial charge in [0.25, 0.3) is 11.8 Å². The maximum absolute atomic E-state index is 13.0. The van der Waals surface area contributed by atoms with Crippen LogP contribution in [0.2, 0.25) is 0 Å². The zero-order chi connectivity index (χ0) is 25.7. The lowest BCUT2D eigenvalue weighted by atomic mass is 10.1. The van der Waals surface area contributed by atoms with Crippen LogP contribution in [0.25, 0.3) is 0 Å². The van der Waals surface area contributed by atoms with Gasteiger partial charge in [-0.3, -0.25) is 14.3 Å². The Morgan fingerprint density at radius 3 is 2.72 bits per heavy atom. The van der Waals surface area contributed by atoms with Crippen molar-refractivity contribution in [2.24, 2.45) is 0 Å². The second kappa shape index (κ2) is 11.1. The summed E-state index contributed by atoms with van der Waals surface area (Å²) in [4.78, 5) is 27.2. The maximum Gasteiger partial charge on any atom is 0.257 e. The summed E-state index contributed by atoms with van der Waals surface area (Å²) in [5.41, 5.74) is 0.806. The molecule has 10 nitrogen and oxygen atoms in total. The van der Waals surface area contributed by atoms with Gasteiger partial charge in [0.1, 0.15) is 35.7 Å². The molecule has 0 saturated heterocycles. The number of anilines is 1. The van der Waals surface area contributed by atoms with Crippen molar-refractivity contribution in [2.75, 3.05) is 39.2 Å². The lowest BCUT2D eigenvalue weighted by Gasteiger charge is -2.16. The topological polar surface area (TPSA) is 104 Å². The molecule has 1 aromatic heterocycles. The highest BCUT2D eigenvalue weighted by atomic mass is 16.5. The largest absolute Gasteiger partial charge is 0.491 e. The van der Waals surface area contributed by atoms with Gasteiger partial charge in [-0.15, -0.1) is 0 Å². The number of likely N-dealkylation sites (N-methyl/N-ethyl adjacent to an activating group) is 1. The van der Waals surface area contributed by atoms with E-state index in [-0.39, 0.29) is 17.9 Å². The van der Waals surface area contributed by atoms with Crippen LogP contribution in [0.15, 0.2) is 48.7 Å². The molecule has 0 radical (unpaired) electrons. The van der Waals surface area contributed by atoms with Crippen LogP contribution in [0.3, 0.4) is 0 Å². The minimum atomic E-state index is -0.357. The highest BCUT2D eigenvalue weighted by molar-refractivity contribution is 6.04. The normalized spacial score (nSPS) is 13.9. The molecule has 4 rings (SSSR count). The van der Waals surface area contributed by atoms with Crippen LogP contribution in [0.5, 0.6) is 23.0 Å². The summed E-state index contributed by atoms with van der Waals surface area (Å²) in [5.74, 6) is 1.73. The van der Waals surface area contributed by atoms with Gasteiger partial charge in [0, 0.05) is 50.7 Å². The molecule has 0 aliphatic carbocycles. The summed E-state index contributed by atoms with van der Waals surface area (Å²) < 4.78 is 24.7. The second-order valence-electron chi connectivity index (χ2n) is 8.42. The molecule has 0 spiro atoms. The van der Waals surface area contributed by atoms with E-state index in [0.717, 1.165) is 0 Å². The number of nitrogens with zero attached hydrogens (tertiary/aromatic N) is 3. The second-order valence-corrected chi connectivity index (χ2v) is 8.42. The van der Waals surface area contributed by atoms with Crippen molar-refractivity contribution in [3.8, 4) is 23.0 Å². The number of ether oxygens (including phenoxy) is 4. The molecule has 10 heteroatoms. The van der Waals surface area contributed by atoms with Crippen molar-refractivity contribution < 1.29 is 28.5 Å².